The maximum absolute atomic E-state index is 11.7. The SMILES string of the molecule is NC(=O)C(Cc1ccc2c(c1)OCO2)N1CCNCC1. The molecule has 1 saturated heterocycles. The van der Waals surface area contributed by atoms with Crippen molar-refractivity contribution in [1.82, 2.24) is 10.2 Å². The number of hydrogen-bond acceptors (Lipinski definition) is 5. The van der Waals surface area contributed by atoms with Crippen molar-refractivity contribution >= 4 is 5.91 Å². The summed E-state index contributed by atoms with van der Waals surface area (Å²) < 4.78 is 10.7. The Morgan fingerprint density at radius 1 is 1.30 bits per heavy atom. The van der Waals surface area contributed by atoms with E-state index < -0.39 is 0 Å². The minimum Gasteiger partial charge on any atom is -0.454 e. The molecule has 1 amide bonds. The molecule has 1 fully saturated rings. The van der Waals surface area contributed by atoms with Crippen LogP contribution in [-0.2, 0) is 11.2 Å². The van der Waals surface area contributed by atoms with Crippen LogP contribution in [0.5, 0.6) is 11.5 Å². The van der Waals surface area contributed by atoms with Crippen molar-refractivity contribution < 1.29 is 14.3 Å². The minimum absolute atomic E-state index is 0.260. The first-order valence-electron chi connectivity index (χ1n) is 6.86. The Morgan fingerprint density at radius 2 is 2.05 bits per heavy atom. The van der Waals surface area contributed by atoms with Gasteiger partial charge in [0, 0.05) is 26.2 Å². The number of carbonyl (C=O) groups is 1. The fourth-order valence-electron chi connectivity index (χ4n) is 2.69. The van der Waals surface area contributed by atoms with Gasteiger partial charge in [0.1, 0.15) is 0 Å². The Kier molecular flexibility index (Phi) is 3.75. The van der Waals surface area contributed by atoms with Gasteiger partial charge in [-0.25, -0.2) is 0 Å². The molecule has 0 aromatic heterocycles. The van der Waals surface area contributed by atoms with E-state index in [-0.39, 0.29) is 18.7 Å². The van der Waals surface area contributed by atoms with Gasteiger partial charge in [-0.05, 0) is 24.1 Å². The average molecular weight is 277 g/mol. The largest absolute Gasteiger partial charge is 0.454 e. The minimum atomic E-state index is -0.274. The van der Waals surface area contributed by atoms with Gasteiger partial charge >= 0.3 is 0 Å². The summed E-state index contributed by atoms with van der Waals surface area (Å²) in [5, 5.41) is 3.28. The highest BCUT2D eigenvalue weighted by Crippen LogP contribution is 2.33. The zero-order valence-corrected chi connectivity index (χ0v) is 11.3. The Bertz CT molecular complexity index is 500. The van der Waals surface area contributed by atoms with Crippen molar-refractivity contribution in [3.63, 3.8) is 0 Å². The van der Waals surface area contributed by atoms with E-state index in [9.17, 15) is 4.79 Å². The van der Waals surface area contributed by atoms with Crippen LogP contribution in [-0.4, -0.2) is 49.8 Å². The number of carbonyl (C=O) groups excluding carboxylic acids is 1. The fourth-order valence-corrected chi connectivity index (χ4v) is 2.69. The van der Waals surface area contributed by atoms with Gasteiger partial charge in [0.25, 0.3) is 0 Å². The second-order valence-corrected chi connectivity index (χ2v) is 5.10. The van der Waals surface area contributed by atoms with Crippen LogP contribution in [0.15, 0.2) is 18.2 Å². The summed E-state index contributed by atoms with van der Waals surface area (Å²) in [5.74, 6) is 1.22. The van der Waals surface area contributed by atoms with Crippen LogP contribution in [0.1, 0.15) is 5.56 Å². The smallest absolute Gasteiger partial charge is 0.235 e. The predicted molar refractivity (Wildman–Crippen MR) is 73.7 cm³/mol. The molecule has 0 bridgehead atoms. The number of nitrogens with zero attached hydrogens (tertiary/aromatic N) is 1. The number of benzene rings is 1. The molecule has 0 saturated carbocycles. The molecular formula is C14H19N3O3. The van der Waals surface area contributed by atoms with E-state index in [1.807, 2.05) is 18.2 Å². The van der Waals surface area contributed by atoms with Crippen LogP contribution < -0.4 is 20.5 Å². The van der Waals surface area contributed by atoms with Gasteiger partial charge in [-0.15, -0.1) is 0 Å². The van der Waals surface area contributed by atoms with Gasteiger partial charge in [0.15, 0.2) is 11.5 Å². The average Bonchev–Trinajstić information content (AvgIpc) is 2.93. The third-order valence-electron chi connectivity index (χ3n) is 3.79. The van der Waals surface area contributed by atoms with Crippen molar-refractivity contribution in [2.45, 2.75) is 12.5 Å². The number of nitrogens with one attached hydrogen (secondary N) is 1. The summed E-state index contributed by atoms with van der Waals surface area (Å²) in [6, 6.07) is 5.51. The van der Waals surface area contributed by atoms with Crippen molar-refractivity contribution in [2.75, 3.05) is 33.0 Å². The Labute approximate surface area is 117 Å². The predicted octanol–water partition coefficient (Wildman–Crippen LogP) is -0.283. The van der Waals surface area contributed by atoms with E-state index in [0.717, 1.165) is 43.2 Å². The molecule has 2 aliphatic rings. The van der Waals surface area contributed by atoms with Crippen LogP contribution in [0, 0.1) is 0 Å². The maximum Gasteiger partial charge on any atom is 0.235 e. The maximum atomic E-state index is 11.7. The van der Waals surface area contributed by atoms with E-state index in [1.165, 1.54) is 0 Å². The van der Waals surface area contributed by atoms with Crippen LogP contribution in [0.3, 0.4) is 0 Å². The number of amides is 1. The molecule has 1 unspecified atom stereocenters. The second-order valence-electron chi connectivity index (χ2n) is 5.10. The van der Waals surface area contributed by atoms with E-state index in [2.05, 4.69) is 10.2 Å². The van der Waals surface area contributed by atoms with Crippen LogP contribution in [0.2, 0.25) is 0 Å². The number of ether oxygens (including phenoxy) is 2. The summed E-state index contributed by atoms with van der Waals surface area (Å²) in [6.07, 6.45) is 0.603. The first-order valence-corrected chi connectivity index (χ1v) is 6.86. The van der Waals surface area contributed by atoms with Crippen LogP contribution in [0.4, 0.5) is 0 Å². The standard InChI is InChI=1S/C14H19N3O3/c15-14(18)11(17-5-3-16-4-6-17)7-10-1-2-12-13(8-10)20-9-19-12/h1-2,8,11,16H,3-7,9H2,(H2,15,18). The molecule has 6 nitrogen and oxygen atoms in total. The fraction of sp³-hybridized carbons (Fsp3) is 0.500. The Balaban J connectivity index is 1.74. The highest BCUT2D eigenvalue weighted by Gasteiger charge is 2.26. The third-order valence-corrected chi connectivity index (χ3v) is 3.79. The molecule has 1 aromatic carbocycles. The third kappa shape index (κ3) is 2.71. The molecule has 2 heterocycles. The number of nitrogens with two attached hydrogens (primary N) is 1. The molecule has 0 aliphatic carbocycles. The van der Waals surface area contributed by atoms with Gasteiger partial charge in [-0.2, -0.15) is 0 Å². The van der Waals surface area contributed by atoms with Crippen LogP contribution in [0.25, 0.3) is 0 Å². The summed E-state index contributed by atoms with van der Waals surface area (Å²) in [4.78, 5) is 13.9. The van der Waals surface area contributed by atoms with E-state index in [0.29, 0.717) is 6.42 Å². The summed E-state index contributed by atoms with van der Waals surface area (Å²) in [7, 11) is 0. The quantitative estimate of drug-likeness (QED) is 0.791. The van der Waals surface area contributed by atoms with Crippen molar-refractivity contribution in [3.8, 4) is 11.5 Å². The highest BCUT2D eigenvalue weighted by molar-refractivity contribution is 5.80. The molecule has 3 rings (SSSR count). The molecule has 3 N–H and O–H groups in total. The zero-order chi connectivity index (χ0) is 13.9. The highest BCUT2D eigenvalue weighted by atomic mass is 16.7. The molecule has 1 aromatic rings. The molecule has 20 heavy (non-hydrogen) atoms. The Morgan fingerprint density at radius 3 is 2.80 bits per heavy atom. The molecule has 0 radical (unpaired) electrons. The first-order chi connectivity index (χ1) is 9.74. The monoisotopic (exact) mass is 277 g/mol. The van der Waals surface area contributed by atoms with E-state index in [1.54, 1.807) is 0 Å². The Hall–Kier alpha value is -1.79. The molecule has 0 spiro atoms. The van der Waals surface area contributed by atoms with Gasteiger partial charge in [-0.3, -0.25) is 9.69 Å². The molecular weight excluding hydrogens is 258 g/mol. The summed E-state index contributed by atoms with van der Waals surface area (Å²) >= 11 is 0. The van der Waals surface area contributed by atoms with Crippen LogP contribution >= 0.6 is 0 Å². The number of piperazine rings is 1. The zero-order valence-electron chi connectivity index (χ0n) is 11.3. The van der Waals surface area contributed by atoms with Crippen molar-refractivity contribution in [1.29, 1.82) is 0 Å². The lowest BCUT2D eigenvalue weighted by Gasteiger charge is -2.33. The van der Waals surface area contributed by atoms with Gasteiger partial charge < -0.3 is 20.5 Å². The molecule has 108 valence electrons. The number of rotatable bonds is 4. The van der Waals surface area contributed by atoms with E-state index in [4.69, 9.17) is 15.2 Å². The topological polar surface area (TPSA) is 76.8 Å². The summed E-state index contributed by atoms with van der Waals surface area (Å²) in [5.41, 5.74) is 6.61. The number of primary amides is 1. The second kappa shape index (κ2) is 5.68. The van der Waals surface area contributed by atoms with Crippen molar-refractivity contribution in [3.05, 3.63) is 23.8 Å². The lowest BCUT2D eigenvalue weighted by molar-refractivity contribution is -0.123. The number of hydrogen-bond donors (Lipinski definition) is 2. The van der Waals surface area contributed by atoms with Gasteiger partial charge in [0.05, 0.1) is 6.04 Å². The molecule has 1 atom stereocenters. The van der Waals surface area contributed by atoms with Gasteiger partial charge in [0.2, 0.25) is 12.7 Å². The van der Waals surface area contributed by atoms with Gasteiger partial charge in [-0.1, -0.05) is 6.07 Å². The normalized spacial score (nSPS) is 19.8. The number of fused-ring (bicyclic) bond motifs is 1. The lowest BCUT2D eigenvalue weighted by atomic mass is 10.0. The first kappa shape index (κ1) is 13.2. The molecule has 6 heteroatoms. The lowest BCUT2D eigenvalue weighted by Crippen LogP contribution is -2.53. The summed E-state index contributed by atoms with van der Waals surface area (Å²) in [6.45, 7) is 3.74. The van der Waals surface area contributed by atoms with E-state index >= 15 is 0 Å². The van der Waals surface area contributed by atoms with Crippen molar-refractivity contribution in [2.24, 2.45) is 5.73 Å². The molecule has 2 aliphatic heterocycles.